The largest absolute Gasteiger partial charge is 0.377 e. The lowest BCUT2D eigenvalue weighted by Gasteiger charge is -2.02. The molecule has 3 nitrogen and oxygen atoms in total. The van der Waals surface area contributed by atoms with Crippen LogP contribution in [0.3, 0.4) is 0 Å². The van der Waals surface area contributed by atoms with Gasteiger partial charge in [-0.25, -0.2) is 0 Å². The van der Waals surface area contributed by atoms with E-state index in [1.807, 2.05) is 30.3 Å². The van der Waals surface area contributed by atoms with E-state index in [0.29, 0.717) is 10.2 Å². The molecule has 2 aromatic rings. The van der Waals surface area contributed by atoms with Crippen molar-refractivity contribution in [1.29, 1.82) is 0 Å². The molecule has 2 aromatic carbocycles. The lowest BCUT2D eigenvalue weighted by Crippen LogP contribution is -2.06. The molecule has 0 aliphatic carbocycles. The summed E-state index contributed by atoms with van der Waals surface area (Å²) in [7, 11) is 0. The molecule has 0 spiro atoms. The SMILES string of the molecule is NC(=NN=Cc1cc(Cl)cc(I)c1Br)SCc1ccccc1. The molecule has 0 saturated heterocycles. The molecule has 22 heavy (non-hydrogen) atoms. The van der Waals surface area contributed by atoms with Gasteiger partial charge < -0.3 is 5.73 Å². The molecule has 2 N–H and O–H groups in total. The van der Waals surface area contributed by atoms with Gasteiger partial charge in [-0.15, -0.1) is 5.10 Å². The Morgan fingerprint density at radius 1 is 1.32 bits per heavy atom. The van der Waals surface area contributed by atoms with Crippen molar-refractivity contribution < 1.29 is 0 Å². The molecule has 0 aliphatic heterocycles. The second-order valence-corrected chi connectivity index (χ2v) is 7.64. The zero-order valence-electron chi connectivity index (χ0n) is 11.3. The average Bonchev–Trinajstić information content (AvgIpc) is 2.51. The zero-order chi connectivity index (χ0) is 15.9. The molecule has 0 aliphatic rings. The van der Waals surface area contributed by atoms with E-state index in [4.69, 9.17) is 17.3 Å². The Kier molecular flexibility index (Phi) is 7.20. The highest BCUT2D eigenvalue weighted by Gasteiger charge is 2.04. The Balaban J connectivity index is 1.98. The molecule has 0 bridgehead atoms. The van der Waals surface area contributed by atoms with Gasteiger partial charge in [-0.2, -0.15) is 5.10 Å². The standard InChI is InChI=1S/C15H12BrClIN3S/c16-14-11(6-12(17)7-13(14)18)8-20-21-15(19)22-9-10-4-2-1-3-5-10/h1-8H,9H2,(H2,19,21). The molecule has 0 aromatic heterocycles. The molecule has 2 rings (SSSR count). The fourth-order valence-electron chi connectivity index (χ4n) is 1.58. The van der Waals surface area contributed by atoms with Crippen LogP contribution < -0.4 is 5.73 Å². The Morgan fingerprint density at radius 2 is 2.05 bits per heavy atom. The van der Waals surface area contributed by atoms with Crippen LogP contribution in [0.4, 0.5) is 0 Å². The number of halogens is 3. The Morgan fingerprint density at radius 3 is 2.77 bits per heavy atom. The molecule has 0 atom stereocenters. The fraction of sp³-hybridized carbons (Fsp3) is 0.0667. The molecule has 0 unspecified atom stereocenters. The minimum atomic E-state index is 0.424. The second-order valence-electron chi connectivity index (χ2n) is 4.25. The van der Waals surface area contributed by atoms with Gasteiger partial charge in [0, 0.05) is 24.4 Å². The molecule has 0 amide bonds. The molecule has 0 saturated carbocycles. The van der Waals surface area contributed by atoms with Gasteiger partial charge >= 0.3 is 0 Å². The number of nitrogens with zero attached hydrogens (tertiary/aromatic N) is 2. The summed E-state index contributed by atoms with van der Waals surface area (Å²) in [6.45, 7) is 0. The van der Waals surface area contributed by atoms with Crippen LogP contribution in [0.15, 0.2) is 57.1 Å². The van der Waals surface area contributed by atoms with E-state index in [2.05, 4.69) is 60.9 Å². The summed E-state index contributed by atoms with van der Waals surface area (Å²) in [5.41, 5.74) is 7.90. The first kappa shape index (κ1) is 17.8. The van der Waals surface area contributed by atoms with E-state index in [1.165, 1.54) is 17.3 Å². The van der Waals surface area contributed by atoms with Crippen molar-refractivity contribution in [2.24, 2.45) is 15.9 Å². The second kappa shape index (κ2) is 8.90. The molecular weight excluding hydrogens is 497 g/mol. The highest BCUT2D eigenvalue weighted by atomic mass is 127. The lowest BCUT2D eigenvalue weighted by atomic mass is 10.2. The Labute approximate surface area is 160 Å². The molecular formula is C15H12BrClIN3S. The van der Waals surface area contributed by atoms with E-state index in [1.54, 1.807) is 6.21 Å². The zero-order valence-corrected chi connectivity index (χ0v) is 16.7. The maximum Gasteiger partial charge on any atom is 0.180 e. The van der Waals surface area contributed by atoms with Crippen LogP contribution in [-0.4, -0.2) is 11.4 Å². The molecule has 0 fully saturated rings. The third-order valence-electron chi connectivity index (χ3n) is 2.60. The van der Waals surface area contributed by atoms with Gasteiger partial charge in [0.25, 0.3) is 0 Å². The summed E-state index contributed by atoms with van der Waals surface area (Å²) < 4.78 is 1.95. The number of rotatable bonds is 4. The van der Waals surface area contributed by atoms with Crippen LogP contribution in [0.2, 0.25) is 5.02 Å². The highest BCUT2D eigenvalue weighted by Crippen LogP contribution is 2.26. The number of nitrogens with two attached hydrogens (primary N) is 1. The molecule has 0 radical (unpaired) electrons. The number of benzene rings is 2. The van der Waals surface area contributed by atoms with Gasteiger partial charge in [0.1, 0.15) is 0 Å². The number of hydrogen-bond donors (Lipinski definition) is 1. The minimum absolute atomic E-state index is 0.424. The predicted molar refractivity (Wildman–Crippen MR) is 109 cm³/mol. The van der Waals surface area contributed by atoms with Gasteiger partial charge in [0.05, 0.1) is 6.21 Å². The van der Waals surface area contributed by atoms with Crippen molar-refractivity contribution in [3.63, 3.8) is 0 Å². The summed E-state index contributed by atoms with van der Waals surface area (Å²) in [4.78, 5) is 0. The smallest absolute Gasteiger partial charge is 0.180 e. The van der Waals surface area contributed by atoms with E-state index < -0.39 is 0 Å². The lowest BCUT2D eigenvalue weighted by molar-refractivity contribution is 1.25. The topological polar surface area (TPSA) is 50.7 Å². The third kappa shape index (κ3) is 5.57. The number of amidine groups is 1. The summed E-state index contributed by atoms with van der Waals surface area (Å²) in [6.07, 6.45) is 1.63. The molecule has 7 heteroatoms. The van der Waals surface area contributed by atoms with Crippen molar-refractivity contribution in [3.8, 4) is 0 Å². The highest BCUT2D eigenvalue weighted by molar-refractivity contribution is 14.1. The molecule has 114 valence electrons. The molecule has 0 heterocycles. The van der Waals surface area contributed by atoms with Crippen molar-refractivity contribution in [2.75, 3.05) is 0 Å². The number of hydrogen-bond acceptors (Lipinski definition) is 3. The van der Waals surface area contributed by atoms with E-state index in [-0.39, 0.29) is 0 Å². The first-order valence-electron chi connectivity index (χ1n) is 6.24. The van der Waals surface area contributed by atoms with Gasteiger partial charge in [-0.1, -0.05) is 53.7 Å². The summed E-state index contributed by atoms with van der Waals surface area (Å²) in [6, 6.07) is 13.8. The van der Waals surface area contributed by atoms with Gasteiger partial charge in [0.15, 0.2) is 5.17 Å². The first-order chi connectivity index (χ1) is 10.6. The number of thioether (sulfide) groups is 1. The van der Waals surface area contributed by atoms with Gasteiger partial charge in [-0.3, -0.25) is 0 Å². The third-order valence-corrected chi connectivity index (χ3v) is 6.15. The summed E-state index contributed by atoms with van der Waals surface area (Å²) in [5, 5.41) is 9.10. The summed E-state index contributed by atoms with van der Waals surface area (Å²) >= 11 is 13.2. The monoisotopic (exact) mass is 507 g/mol. The van der Waals surface area contributed by atoms with Crippen LogP contribution in [0.5, 0.6) is 0 Å². The van der Waals surface area contributed by atoms with Crippen LogP contribution in [0.25, 0.3) is 0 Å². The van der Waals surface area contributed by atoms with Crippen LogP contribution in [0.1, 0.15) is 11.1 Å². The van der Waals surface area contributed by atoms with Crippen LogP contribution in [0, 0.1) is 3.57 Å². The average molecular weight is 509 g/mol. The van der Waals surface area contributed by atoms with Crippen molar-refractivity contribution >= 4 is 73.3 Å². The van der Waals surface area contributed by atoms with Crippen molar-refractivity contribution in [2.45, 2.75) is 5.75 Å². The van der Waals surface area contributed by atoms with E-state index >= 15 is 0 Å². The van der Waals surface area contributed by atoms with Gasteiger partial charge in [0.2, 0.25) is 0 Å². The first-order valence-corrected chi connectivity index (χ1v) is 9.47. The quantitative estimate of drug-likeness (QED) is 0.201. The summed E-state index contributed by atoms with van der Waals surface area (Å²) in [5.74, 6) is 0.768. The van der Waals surface area contributed by atoms with E-state index in [9.17, 15) is 0 Å². The van der Waals surface area contributed by atoms with E-state index in [0.717, 1.165) is 19.4 Å². The van der Waals surface area contributed by atoms with Crippen LogP contribution in [-0.2, 0) is 5.75 Å². The van der Waals surface area contributed by atoms with Crippen molar-refractivity contribution in [1.82, 2.24) is 0 Å². The Hall–Kier alpha value is -0.570. The fourth-order valence-corrected chi connectivity index (χ4v) is 3.58. The predicted octanol–water partition coefficient (Wildman–Crippen LogP) is 5.29. The maximum atomic E-state index is 6.03. The van der Waals surface area contributed by atoms with Crippen molar-refractivity contribution in [3.05, 3.63) is 66.7 Å². The Bertz CT molecular complexity index is 707. The maximum absolute atomic E-state index is 6.03. The minimum Gasteiger partial charge on any atom is -0.377 e. The van der Waals surface area contributed by atoms with Crippen LogP contribution >= 0.6 is 61.9 Å². The normalized spacial score (nSPS) is 12.0. The van der Waals surface area contributed by atoms with Gasteiger partial charge in [-0.05, 0) is 56.2 Å².